The maximum atomic E-state index is 11.4. The number of carboxylic acid groups (broad SMARTS) is 1. The first-order chi connectivity index (χ1) is 8.38. The molecular weight excluding hydrogens is 256 g/mol. The summed E-state index contributed by atoms with van der Waals surface area (Å²) in [5.41, 5.74) is -0.832. The van der Waals surface area contributed by atoms with Gasteiger partial charge in [0.1, 0.15) is 5.54 Å². The molecule has 104 valence electrons. The predicted molar refractivity (Wildman–Crippen MR) is 67.3 cm³/mol. The number of carbonyl (C=O) groups is 1. The molecule has 0 radical (unpaired) electrons. The zero-order chi connectivity index (χ0) is 13.4. The van der Waals surface area contributed by atoms with Crippen LogP contribution in [-0.4, -0.2) is 67.6 Å². The van der Waals surface area contributed by atoms with E-state index in [1.807, 2.05) is 0 Å². The fourth-order valence-electron chi connectivity index (χ4n) is 2.95. The Morgan fingerprint density at radius 1 is 1.39 bits per heavy atom. The van der Waals surface area contributed by atoms with Gasteiger partial charge in [-0.1, -0.05) is 0 Å². The Balaban J connectivity index is 1.99. The van der Waals surface area contributed by atoms with Crippen LogP contribution in [-0.2, 0) is 14.6 Å². The van der Waals surface area contributed by atoms with Crippen molar-refractivity contribution in [3.63, 3.8) is 0 Å². The highest BCUT2D eigenvalue weighted by Crippen LogP contribution is 2.33. The maximum absolute atomic E-state index is 11.4. The Labute approximate surface area is 107 Å². The van der Waals surface area contributed by atoms with Gasteiger partial charge < -0.3 is 10.4 Å². The number of rotatable bonds is 3. The third-order valence-electron chi connectivity index (χ3n) is 4.27. The highest BCUT2D eigenvalue weighted by Gasteiger charge is 2.46. The van der Waals surface area contributed by atoms with Crippen molar-refractivity contribution in [1.82, 2.24) is 10.2 Å². The summed E-state index contributed by atoms with van der Waals surface area (Å²) in [7, 11) is -1.19. The molecule has 0 bridgehead atoms. The molecule has 0 spiro atoms. The smallest absolute Gasteiger partial charge is 0.323 e. The SMILES string of the molecule is CNC1(C(=O)O)CCC(N2CCS(=O)(=O)CC2)C1. The fraction of sp³-hybridized carbons (Fsp3) is 0.909. The van der Waals surface area contributed by atoms with E-state index in [1.54, 1.807) is 7.05 Å². The summed E-state index contributed by atoms with van der Waals surface area (Å²) < 4.78 is 22.7. The number of nitrogens with one attached hydrogen (secondary N) is 1. The summed E-state index contributed by atoms with van der Waals surface area (Å²) in [6, 6.07) is 0.184. The van der Waals surface area contributed by atoms with Crippen molar-refractivity contribution in [1.29, 1.82) is 0 Å². The van der Waals surface area contributed by atoms with Gasteiger partial charge >= 0.3 is 5.97 Å². The molecule has 2 atom stereocenters. The van der Waals surface area contributed by atoms with Crippen LogP contribution >= 0.6 is 0 Å². The molecule has 0 aromatic heterocycles. The van der Waals surface area contributed by atoms with Crippen molar-refractivity contribution in [3.8, 4) is 0 Å². The average Bonchev–Trinajstić information content (AvgIpc) is 2.74. The molecule has 7 heteroatoms. The molecule has 2 aliphatic rings. The van der Waals surface area contributed by atoms with Crippen LogP contribution in [0.2, 0.25) is 0 Å². The van der Waals surface area contributed by atoms with E-state index in [-0.39, 0.29) is 17.5 Å². The van der Waals surface area contributed by atoms with Crippen molar-refractivity contribution in [2.45, 2.75) is 30.8 Å². The van der Waals surface area contributed by atoms with E-state index in [0.717, 1.165) is 6.42 Å². The summed E-state index contributed by atoms with van der Waals surface area (Å²) in [5.74, 6) is -0.413. The zero-order valence-electron chi connectivity index (χ0n) is 10.6. The molecule has 2 N–H and O–H groups in total. The van der Waals surface area contributed by atoms with Gasteiger partial charge in [-0.15, -0.1) is 0 Å². The van der Waals surface area contributed by atoms with Crippen molar-refractivity contribution >= 4 is 15.8 Å². The summed E-state index contributed by atoms with van der Waals surface area (Å²) in [6.45, 7) is 1.07. The largest absolute Gasteiger partial charge is 0.480 e. The van der Waals surface area contributed by atoms with Crippen molar-refractivity contribution in [2.24, 2.45) is 0 Å². The third kappa shape index (κ3) is 2.53. The monoisotopic (exact) mass is 276 g/mol. The number of nitrogens with zero attached hydrogens (tertiary/aromatic N) is 1. The first kappa shape index (κ1) is 13.8. The lowest BCUT2D eigenvalue weighted by Gasteiger charge is -2.33. The quantitative estimate of drug-likeness (QED) is 0.710. The van der Waals surface area contributed by atoms with E-state index in [0.29, 0.717) is 25.9 Å². The molecule has 0 amide bonds. The highest BCUT2D eigenvalue weighted by atomic mass is 32.2. The van der Waals surface area contributed by atoms with Gasteiger partial charge in [0.05, 0.1) is 11.5 Å². The Bertz CT molecular complexity index is 422. The van der Waals surface area contributed by atoms with Crippen LogP contribution in [0.4, 0.5) is 0 Å². The second-order valence-electron chi connectivity index (χ2n) is 5.22. The Hall–Kier alpha value is -0.660. The summed E-state index contributed by atoms with van der Waals surface area (Å²) >= 11 is 0. The number of hydrogen-bond acceptors (Lipinski definition) is 5. The number of hydrogen-bond donors (Lipinski definition) is 2. The van der Waals surface area contributed by atoms with E-state index in [1.165, 1.54) is 0 Å². The fourth-order valence-corrected chi connectivity index (χ4v) is 4.18. The van der Waals surface area contributed by atoms with Gasteiger partial charge in [-0.2, -0.15) is 0 Å². The van der Waals surface area contributed by atoms with Crippen LogP contribution in [0.5, 0.6) is 0 Å². The van der Waals surface area contributed by atoms with Crippen molar-refractivity contribution in [3.05, 3.63) is 0 Å². The Kier molecular flexibility index (Phi) is 3.66. The van der Waals surface area contributed by atoms with Gasteiger partial charge in [0.25, 0.3) is 0 Å². The van der Waals surface area contributed by atoms with E-state index < -0.39 is 21.3 Å². The minimum Gasteiger partial charge on any atom is -0.480 e. The van der Waals surface area contributed by atoms with Gasteiger partial charge in [-0.3, -0.25) is 9.69 Å². The van der Waals surface area contributed by atoms with Crippen LogP contribution in [0.1, 0.15) is 19.3 Å². The first-order valence-electron chi connectivity index (χ1n) is 6.25. The van der Waals surface area contributed by atoms with E-state index in [4.69, 9.17) is 0 Å². The standard InChI is InChI=1S/C11H20N2O4S/c1-12-11(10(14)15)3-2-9(8-11)13-4-6-18(16,17)7-5-13/h9,12H,2-8H2,1H3,(H,14,15). The van der Waals surface area contributed by atoms with E-state index in [2.05, 4.69) is 10.2 Å². The first-order valence-corrected chi connectivity index (χ1v) is 8.07. The molecule has 1 aliphatic heterocycles. The van der Waals surface area contributed by atoms with Crippen LogP contribution in [0.3, 0.4) is 0 Å². The van der Waals surface area contributed by atoms with Crippen molar-refractivity contribution in [2.75, 3.05) is 31.6 Å². The van der Waals surface area contributed by atoms with Gasteiger partial charge in [0.2, 0.25) is 0 Å². The molecule has 0 aromatic rings. The lowest BCUT2D eigenvalue weighted by molar-refractivity contribution is -0.144. The average molecular weight is 276 g/mol. The number of likely N-dealkylation sites (N-methyl/N-ethyl adjacent to an activating group) is 1. The molecule has 2 rings (SSSR count). The second kappa shape index (κ2) is 4.79. The number of sulfone groups is 1. The normalized spacial score (nSPS) is 36.6. The van der Waals surface area contributed by atoms with Crippen molar-refractivity contribution < 1.29 is 18.3 Å². The molecule has 6 nitrogen and oxygen atoms in total. The van der Waals surface area contributed by atoms with E-state index >= 15 is 0 Å². The maximum Gasteiger partial charge on any atom is 0.323 e. The zero-order valence-corrected chi connectivity index (χ0v) is 11.4. The highest BCUT2D eigenvalue weighted by molar-refractivity contribution is 7.91. The molecular formula is C11H20N2O4S. The molecule has 1 saturated carbocycles. The molecule has 1 heterocycles. The minimum absolute atomic E-state index is 0.184. The third-order valence-corrected chi connectivity index (χ3v) is 5.88. The summed E-state index contributed by atoms with van der Waals surface area (Å²) in [6.07, 6.45) is 1.97. The predicted octanol–water partition coefficient (Wildman–Crippen LogP) is -0.688. The van der Waals surface area contributed by atoms with Gasteiger partial charge in [-0.05, 0) is 26.3 Å². The lowest BCUT2D eigenvalue weighted by Crippen LogP contribution is -2.51. The van der Waals surface area contributed by atoms with E-state index in [9.17, 15) is 18.3 Å². The molecule has 2 fully saturated rings. The van der Waals surface area contributed by atoms with Crippen LogP contribution < -0.4 is 5.32 Å². The Morgan fingerprint density at radius 2 is 2.00 bits per heavy atom. The number of aliphatic carboxylic acids is 1. The van der Waals surface area contributed by atoms with Gasteiger partial charge in [0, 0.05) is 19.1 Å². The topological polar surface area (TPSA) is 86.7 Å². The molecule has 1 aliphatic carbocycles. The van der Waals surface area contributed by atoms with Gasteiger partial charge in [-0.25, -0.2) is 8.42 Å². The second-order valence-corrected chi connectivity index (χ2v) is 7.53. The van der Waals surface area contributed by atoms with Gasteiger partial charge in [0.15, 0.2) is 9.84 Å². The minimum atomic E-state index is -2.87. The molecule has 18 heavy (non-hydrogen) atoms. The summed E-state index contributed by atoms with van der Waals surface area (Å²) in [4.78, 5) is 13.4. The van der Waals surface area contributed by atoms with Crippen LogP contribution in [0, 0.1) is 0 Å². The van der Waals surface area contributed by atoms with Crippen LogP contribution in [0.25, 0.3) is 0 Å². The van der Waals surface area contributed by atoms with Crippen LogP contribution in [0.15, 0.2) is 0 Å². The molecule has 0 aromatic carbocycles. The lowest BCUT2D eigenvalue weighted by atomic mass is 9.98. The Morgan fingerprint density at radius 3 is 2.44 bits per heavy atom. The molecule has 1 saturated heterocycles. The number of carboxylic acids is 1. The molecule has 2 unspecified atom stereocenters. The summed E-state index contributed by atoms with van der Waals surface area (Å²) in [5, 5.41) is 12.2.